The van der Waals surface area contributed by atoms with E-state index in [2.05, 4.69) is 36.0 Å². The van der Waals surface area contributed by atoms with Crippen LogP contribution < -0.4 is 16.0 Å². The van der Waals surface area contributed by atoms with E-state index < -0.39 is 108 Å². The molecule has 10 bridgehead atoms. The monoisotopic (exact) mass is 1050 g/mol. The van der Waals surface area contributed by atoms with Gasteiger partial charge in [-0.1, -0.05) is 33.9 Å². The Kier molecular flexibility index (Phi) is 17.5. The lowest BCUT2D eigenvalue weighted by Gasteiger charge is -2.49. The highest BCUT2D eigenvalue weighted by molar-refractivity contribution is 6.13. The minimum Gasteiger partial charge on any atom is -0.391 e. The number of hydrogen-bond donors (Lipinski definition) is 5. The van der Waals surface area contributed by atoms with Crippen molar-refractivity contribution in [2.75, 3.05) is 20.2 Å². The molecular weight excluding hydrogens is 973 g/mol. The number of imide groups is 1. The van der Waals surface area contributed by atoms with Crippen LogP contribution in [0.5, 0.6) is 0 Å². The summed E-state index contributed by atoms with van der Waals surface area (Å²) < 4.78 is 53.3. The van der Waals surface area contributed by atoms with E-state index in [1.165, 1.54) is 6.92 Å². The third kappa shape index (κ3) is 12.5. The van der Waals surface area contributed by atoms with Crippen LogP contribution in [0.4, 0.5) is 0 Å². The van der Waals surface area contributed by atoms with E-state index in [0.717, 1.165) is 53.9 Å². The summed E-state index contributed by atoms with van der Waals surface area (Å²) in [4.78, 5) is 78.6. The van der Waals surface area contributed by atoms with Gasteiger partial charge in [-0.3, -0.25) is 33.7 Å². The van der Waals surface area contributed by atoms with Gasteiger partial charge in [0.15, 0.2) is 5.79 Å². The van der Waals surface area contributed by atoms with E-state index in [1.807, 2.05) is 0 Å². The number of carbonyl (C=O) groups is 6. The van der Waals surface area contributed by atoms with Gasteiger partial charge in [0, 0.05) is 83.2 Å². The molecule has 0 radical (unpaired) electrons. The van der Waals surface area contributed by atoms with Gasteiger partial charge < -0.3 is 64.1 Å². The summed E-state index contributed by atoms with van der Waals surface area (Å²) in [5.74, 6) is -4.36. The zero-order valence-corrected chi connectivity index (χ0v) is 44.2. The molecule has 75 heavy (non-hydrogen) atoms. The van der Waals surface area contributed by atoms with Gasteiger partial charge in [0.1, 0.15) is 42.3 Å². The second-order valence-electron chi connectivity index (χ2n) is 23.1. The van der Waals surface area contributed by atoms with Crippen LogP contribution in [0.3, 0.4) is 0 Å². The SMILES string of the molecule is C=C1C[C@@H]2CC[C@]34CC[C@H](O3)C3O[C@H]5CC[C@H](CC(=O)C[C@@H]6[C@@H](OC)[C@@H](C[C@H](O)CNC(=O)[C@H](C)NC(=O)[C@@H](NC(=O)CCN7C(=O)C=CC7=O)C(C)C)O[C@H]6C[C@H]6O[C@@H](CC[C@@H]1O2)C[C@@H](C)C6=C)O[C@@H]5[C@H](O4)[C@@H]3O. The molecule has 1 unspecified atom stereocenters. The summed E-state index contributed by atoms with van der Waals surface area (Å²) in [6.45, 7) is 15.7. The Hall–Kier alpha value is -3.96. The molecular formula is C55H80N4O16. The molecule has 5 N–H and O–H groups in total. The topological polar surface area (TPSA) is 256 Å². The molecule has 9 rings (SSSR count). The van der Waals surface area contributed by atoms with Gasteiger partial charge in [0.2, 0.25) is 17.7 Å². The van der Waals surface area contributed by atoms with Gasteiger partial charge in [0.05, 0.1) is 67.1 Å². The summed E-state index contributed by atoms with van der Waals surface area (Å²) in [5.41, 5.74) is 2.01. The lowest BCUT2D eigenvalue weighted by Crippen LogP contribution is -2.63. The second-order valence-corrected chi connectivity index (χ2v) is 23.1. The van der Waals surface area contributed by atoms with Gasteiger partial charge in [-0.05, 0) is 81.3 Å². The molecule has 9 aliphatic rings. The highest BCUT2D eigenvalue weighted by Crippen LogP contribution is 2.49. The largest absolute Gasteiger partial charge is 0.391 e. The van der Waals surface area contributed by atoms with Gasteiger partial charge in [-0.25, -0.2) is 0 Å². The fourth-order valence-electron chi connectivity index (χ4n) is 13.2. The van der Waals surface area contributed by atoms with Crippen molar-refractivity contribution in [3.05, 3.63) is 36.5 Å². The van der Waals surface area contributed by atoms with Crippen molar-refractivity contribution in [2.24, 2.45) is 17.8 Å². The normalized spacial score (nSPS) is 40.2. The maximum atomic E-state index is 14.4. The number of nitrogens with one attached hydrogen (secondary N) is 3. The predicted molar refractivity (Wildman–Crippen MR) is 267 cm³/mol. The van der Waals surface area contributed by atoms with Crippen LogP contribution in [0.1, 0.15) is 124 Å². The number of aliphatic hydroxyl groups is 2. The molecule has 20 atom stereocenters. The molecule has 8 fully saturated rings. The molecule has 8 saturated heterocycles. The number of hydrogen-bond acceptors (Lipinski definition) is 16. The number of rotatable bonds is 13. The number of nitrogens with zero attached hydrogens (tertiary/aromatic N) is 1. The Morgan fingerprint density at radius 3 is 2.25 bits per heavy atom. The molecule has 0 saturated carbocycles. The molecule has 9 aliphatic heterocycles. The first kappa shape index (κ1) is 55.8. The van der Waals surface area contributed by atoms with Gasteiger partial charge in [0.25, 0.3) is 11.8 Å². The Morgan fingerprint density at radius 1 is 0.787 bits per heavy atom. The number of carbonyl (C=O) groups excluding carboxylic acids is 6. The zero-order chi connectivity index (χ0) is 53.5. The fraction of sp³-hybridized carbons (Fsp3) is 0.782. The lowest BCUT2D eigenvalue weighted by atomic mass is 9.81. The predicted octanol–water partition coefficient (Wildman–Crippen LogP) is 2.54. The number of ketones is 1. The Morgan fingerprint density at radius 2 is 1.51 bits per heavy atom. The van der Waals surface area contributed by atoms with Crippen LogP contribution >= 0.6 is 0 Å². The molecule has 0 aromatic heterocycles. The zero-order valence-electron chi connectivity index (χ0n) is 44.2. The second kappa shape index (κ2) is 23.6. The summed E-state index contributed by atoms with van der Waals surface area (Å²) >= 11 is 0. The first-order valence-electron chi connectivity index (χ1n) is 27.6. The van der Waals surface area contributed by atoms with Crippen molar-refractivity contribution in [2.45, 2.75) is 233 Å². The van der Waals surface area contributed by atoms with Crippen LogP contribution in [0.25, 0.3) is 0 Å². The summed E-state index contributed by atoms with van der Waals surface area (Å²) in [7, 11) is 1.56. The fourth-order valence-corrected chi connectivity index (χ4v) is 13.2. The van der Waals surface area contributed by atoms with Crippen molar-refractivity contribution in [3.63, 3.8) is 0 Å². The molecule has 20 nitrogen and oxygen atoms in total. The maximum absolute atomic E-state index is 14.4. The van der Waals surface area contributed by atoms with Crippen molar-refractivity contribution < 1.29 is 76.9 Å². The molecule has 5 amide bonds. The first-order chi connectivity index (χ1) is 35.8. The summed E-state index contributed by atoms with van der Waals surface area (Å²) in [6, 6.07) is -2.06. The molecule has 20 heteroatoms. The van der Waals surface area contributed by atoms with E-state index in [-0.39, 0.29) is 93.0 Å². The minimum absolute atomic E-state index is 0.0428. The van der Waals surface area contributed by atoms with E-state index in [0.29, 0.717) is 44.9 Å². The molecule has 0 aromatic rings. The molecule has 0 aliphatic carbocycles. The standard InChI is InChI=1S/C55H80N4O16/c1-27(2)47(58-44(62)16-19-59-45(63)12-13-46(59)64)54(67)57-31(6)53(66)56-26-33(61)24-43-49(68-7)37-23-32(60)22-35-9-11-39-51(71-35)52-48(65)50(73-39)40-15-18-55(74-40,75-52)17-14-36-21-29(4)38(69-36)10-8-34-20-28(3)30(5)41(70-34)25-42(37)72-43/h12-13,27-28,31,33-43,47-52,61,65H,4-5,8-11,14-26H2,1-3,6-7H3,(H,56,66)(H,57,67)(H,58,62)/t28-,31+,33+,34+,35-,36+,37+,38+,39+,40+,41-,42+,43-,47+,48-,49-,50?,51+,52-,55+/m1/s1. The highest BCUT2D eigenvalue weighted by Gasteiger charge is 2.60. The van der Waals surface area contributed by atoms with Gasteiger partial charge in [-0.15, -0.1) is 0 Å². The highest BCUT2D eigenvalue weighted by atomic mass is 16.7. The van der Waals surface area contributed by atoms with Crippen LogP contribution in [0, 0.1) is 17.8 Å². The molecule has 9 heterocycles. The van der Waals surface area contributed by atoms with Crippen LogP contribution in [0.2, 0.25) is 0 Å². The molecule has 0 aromatic carbocycles. The van der Waals surface area contributed by atoms with Crippen LogP contribution in [-0.2, 0) is 66.7 Å². The van der Waals surface area contributed by atoms with E-state index >= 15 is 0 Å². The third-order valence-corrected chi connectivity index (χ3v) is 17.4. The molecule has 416 valence electrons. The van der Waals surface area contributed by atoms with Gasteiger partial charge >= 0.3 is 0 Å². The number of ether oxygens (including phenoxy) is 8. The Labute approximate surface area is 439 Å². The number of amides is 5. The van der Waals surface area contributed by atoms with Crippen LogP contribution in [-0.4, -0.2) is 180 Å². The number of fused-ring (bicyclic) bond motifs is 9. The van der Waals surface area contributed by atoms with E-state index in [9.17, 15) is 39.0 Å². The number of Topliss-reactive ketones (excluding diaryl/α,β-unsaturated/α-hetero) is 1. The average Bonchev–Trinajstić information content (AvgIpc) is 4.12. The quantitative estimate of drug-likeness (QED) is 0.131. The van der Waals surface area contributed by atoms with Crippen molar-refractivity contribution in [1.29, 1.82) is 0 Å². The lowest BCUT2D eigenvalue weighted by molar-refractivity contribution is -0.299. The summed E-state index contributed by atoms with van der Waals surface area (Å²) in [6.07, 6.45) is 2.24. The van der Waals surface area contributed by atoms with Crippen molar-refractivity contribution in [3.8, 4) is 0 Å². The van der Waals surface area contributed by atoms with E-state index in [1.54, 1.807) is 21.0 Å². The van der Waals surface area contributed by atoms with Crippen molar-refractivity contribution in [1.82, 2.24) is 20.9 Å². The Balaban J connectivity index is 0.855. The average molecular weight is 1050 g/mol. The number of aliphatic hydroxyl groups excluding tert-OH is 2. The summed E-state index contributed by atoms with van der Waals surface area (Å²) in [5, 5.41) is 31.2. The maximum Gasteiger partial charge on any atom is 0.253 e. The smallest absolute Gasteiger partial charge is 0.253 e. The number of methoxy groups -OCH3 is 1. The van der Waals surface area contributed by atoms with E-state index in [4.69, 9.17) is 37.9 Å². The van der Waals surface area contributed by atoms with Crippen molar-refractivity contribution >= 4 is 35.3 Å². The molecule has 1 spiro atoms. The minimum atomic E-state index is -1.11. The van der Waals surface area contributed by atoms with Crippen LogP contribution in [0.15, 0.2) is 36.5 Å². The van der Waals surface area contributed by atoms with Gasteiger partial charge in [-0.2, -0.15) is 0 Å². The first-order valence-corrected chi connectivity index (χ1v) is 27.6. The Bertz CT molecular complexity index is 2190. The third-order valence-electron chi connectivity index (χ3n) is 17.4.